The predicted octanol–water partition coefficient (Wildman–Crippen LogP) is 4.96. The fraction of sp³-hybridized carbons (Fsp3) is 0.0800. The van der Waals surface area contributed by atoms with Crippen LogP contribution in [0.5, 0.6) is 11.5 Å². The standard InChI is InChI=1S/C25H19N3O3/c1-30-22-10-9-16(14-23(22)31-2)20-15-28(24-18(20)7-5-12-27-24)25(29)19-11-13-26-21-8-4-3-6-17(19)21/h3-15H,1-2H3. The first-order chi connectivity index (χ1) is 15.2. The number of fused-ring (bicyclic) bond motifs is 2. The quantitative estimate of drug-likeness (QED) is 0.420. The molecule has 0 saturated carbocycles. The zero-order valence-electron chi connectivity index (χ0n) is 17.1. The number of carbonyl (C=O) groups is 1. The van der Waals surface area contributed by atoms with Crippen molar-refractivity contribution in [2.24, 2.45) is 0 Å². The SMILES string of the molecule is COc1ccc(-c2cn(C(=O)c3ccnc4ccccc34)c3ncccc23)cc1OC. The summed E-state index contributed by atoms with van der Waals surface area (Å²) in [6, 6.07) is 18.9. The lowest BCUT2D eigenvalue weighted by molar-refractivity contribution is 0.0966. The predicted molar refractivity (Wildman–Crippen MR) is 120 cm³/mol. The molecule has 0 unspecified atom stereocenters. The number of hydrogen-bond acceptors (Lipinski definition) is 5. The van der Waals surface area contributed by atoms with Crippen molar-refractivity contribution in [1.29, 1.82) is 0 Å². The van der Waals surface area contributed by atoms with E-state index in [1.54, 1.807) is 37.2 Å². The monoisotopic (exact) mass is 409 g/mol. The van der Waals surface area contributed by atoms with Crippen LogP contribution in [-0.4, -0.2) is 34.7 Å². The third-order valence-corrected chi connectivity index (χ3v) is 5.36. The molecule has 0 spiro atoms. The lowest BCUT2D eigenvalue weighted by Crippen LogP contribution is -2.12. The third kappa shape index (κ3) is 3.09. The highest BCUT2D eigenvalue weighted by atomic mass is 16.5. The summed E-state index contributed by atoms with van der Waals surface area (Å²) in [7, 11) is 3.20. The summed E-state index contributed by atoms with van der Waals surface area (Å²) < 4.78 is 12.4. The summed E-state index contributed by atoms with van der Waals surface area (Å²) in [6.45, 7) is 0. The van der Waals surface area contributed by atoms with Crippen LogP contribution in [0.2, 0.25) is 0 Å². The van der Waals surface area contributed by atoms with Crippen molar-refractivity contribution in [1.82, 2.24) is 14.5 Å². The van der Waals surface area contributed by atoms with Crippen LogP contribution in [0.15, 0.2) is 79.3 Å². The summed E-state index contributed by atoms with van der Waals surface area (Å²) in [5.41, 5.74) is 3.74. The van der Waals surface area contributed by atoms with Crippen LogP contribution < -0.4 is 9.47 Å². The Morgan fingerprint density at radius 2 is 1.65 bits per heavy atom. The van der Waals surface area contributed by atoms with Gasteiger partial charge >= 0.3 is 0 Å². The molecule has 31 heavy (non-hydrogen) atoms. The van der Waals surface area contributed by atoms with Gasteiger partial charge in [0, 0.05) is 34.9 Å². The molecule has 0 N–H and O–H groups in total. The van der Waals surface area contributed by atoms with Crippen molar-refractivity contribution in [3.05, 3.63) is 84.8 Å². The van der Waals surface area contributed by atoms with E-state index in [0.717, 1.165) is 27.4 Å². The van der Waals surface area contributed by atoms with Crippen LogP contribution in [0.3, 0.4) is 0 Å². The largest absolute Gasteiger partial charge is 0.493 e. The summed E-state index contributed by atoms with van der Waals surface area (Å²) in [6.07, 6.45) is 5.18. The molecule has 2 aromatic carbocycles. The van der Waals surface area contributed by atoms with Crippen LogP contribution in [0.4, 0.5) is 0 Å². The van der Waals surface area contributed by atoms with Gasteiger partial charge in [0.1, 0.15) is 5.65 Å². The number of nitrogens with zero attached hydrogens (tertiary/aromatic N) is 3. The maximum absolute atomic E-state index is 13.6. The number of pyridine rings is 2. The highest BCUT2D eigenvalue weighted by molar-refractivity contribution is 6.11. The van der Waals surface area contributed by atoms with Gasteiger partial charge in [-0.05, 0) is 42.0 Å². The average molecular weight is 409 g/mol. The number of benzene rings is 2. The molecule has 6 nitrogen and oxygen atoms in total. The van der Waals surface area contributed by atoms with Gasteiger partial charge in [0.2, 0.25) is 0 Å². The van der Waals surface area contributed by atoms with Crippen molar-refractivity contribution in [2.45, 2.75) is 0 Å². The second kappa shape index (κ2) is 7.57. The Hall–Kier alpha value is -4.19. The smallest absolute Gasteiger partial charge is 0.264 e. The van der Waals surface area contributed by atoms with Gasteiger partial charge in [-0.25, -0.2) is 4.98 Å². The Morgan fingerprint density at radius 3 is 2.48 bits per heavy atom. The maximum Gasteiger partial charge on any atom is 0.264 e. The molecule has 6 heteroatoms. The van der Waals surface area contributed by atoms with Gasteiger partial charge < -0.3 is 9.47 Å². The van der Waals surface area contributed by atoms with E-state index in [9.17, 15) is 4.79 Å². The van der Waals surface area contributed by atoms with E-state index in [-0.39, 0.29) is 5.91 Å². The number of methoxy groups -OCH3 is 2. The average Bonchev–Trinajstić information content (AvgIpc) is 3.22. The molecule has 0 bridgehead atoms. The van der Waals surface area contributed by atoms with Gasteiger partial charge in [-0.2, -0.15) is 0 Å². The molecule has 0 atom stereocenters. The van der Waals surface area contributed by atoms with Crippen LogP contribution in [0.1, 0.15) is 10.4 Å². The zero-order chi connectivity index (χ0) is 21.4. The summed E-state index contributed by atoms with van der Waals surface area (Å²) in [4.78, 5) is 22.5. The van der Waals surface area contributed by atoms with E-state index in [0.29, 0.717) is 22.7 Å². The zero-order valence-corrected chi connectivity index (χ0v) is 17.1. The fourth-order valence-corrected chi connectivity index (χ4v) is 3.86. The molecule has 5 aromatic rings. The minimum Gasteiger partial charge on any atom is -0.493 e. The number of ether oxygens (including phenoxy) is 2. The van der Waals surface area contributed by atoms with Crippen molar-refractivity contribution in [3.63, 3.8) is 0 Å². The number of para-hydroxylation sites is 1. The van der Waals surface area contributed by atoms with Crippen molar-refractivity contribution >= 4 is 27.8 Å². The Kier molecular flexibility index (Phi) is 4.59. The van der Waals surface area contributed by atoms with Gasteiger partial charge in [0.15, 0.2) is 11.5 Å². The molecule has 0 aliphatic heterocycles. The lowest BCUT2D eigenvalue weighted by atomic mass is 10.1. The third-order valence-electron chi connectivity index (χ3n) is 5.36. The normalized spacial score (nSPS) is 11.0. The molecular formula is C25H19N3O3. The lowest BCUT2D eigenvalue weighted by Gasteiger charge is -2.09. The molecular weight excluding hydrogens is 390 g/mol. The molecule has 5 rings (SSSR count). The maximum atomic E-state index is 13.6. The van der Waals surface area contributed by atoms with Gasteiger partial charge in [-0.1, -0.05) is 24.3 Å². The highest BCUT2D eigenvalue weighted by Gasteiger charge is 2.19. The van der Waals surface area contributed by atoms with E-state index in [2.05, 4.69) is 9.97 Å². The van der Waals surface area contributed by atoms with Crippen molar-refractivity contribution < 1.29 is 14.3 Å². The van der Waals surface area contributed by atoms with Crippen LogP contribution in [-0.2, 0) is 0 Å². The molecule has 3 aromatic heterocycles. The topological polar surface area (TPSA) is 66.2 Å². The first-order valence-corrected chi connectivity index (χ1v) is 9.78. The van der Waals surface area contributed by atoms with Crippen molar-refractivity contribution in [2.75, 3.05) is 14.2 Å². The number of carbonyl (C=O) groups excluding carboxylic acids is 1. The molecule has 0 saturated heterocycles. The Labute approximate surface area is 178 Å². The minimum absolute atomic E-state index is 0.158. The summed E-state index contributed by atoms with van der Waals surface area (Å²) in [5.74, 6) is 1.11. The first kappa shape index (κ1) is 18.8. The second-order valence-corrected chi connectivity index (χ2v) is 7.04. The van der Waals surface area contributed by atoms with E-state index < -0.39 is 0 Å². The Morgan fingerprint density at radius 1 is 0.839 bits per heavy atom. The number of hydrogen-bond donors (Lipinski definition) is 0. The second-order valence-electron chi connectivity index (χ2n) is 7.04. The van der Waals surface area contributed by atoms with Gasteiger partial charge in [-0.15, -0.1) is 0 Å². The molecule has 0 aliphatic carbocycles. The number of aromatic nitrogens is 3. The molecule has 0 fully saturated rings. The minimum atomic E-state index is -0.158. The van der Waals surface area contributed by atoms with Crippen molar-refractivity contribution in [3.8, 4) is 22.6 Å². The van der Waals surface area contributed by atoms with Crippen LogP contribution in [0, 0.1) is 0 Å². The molecule has 152 valence electrons. The van der Waals surface area contributed by atoms with E-state index >= 15 is 0 Å². The molecule has 0 aliphatic rings. The fourth-order valence-electron chi connectivity index (χ4n) is 3.86. The Bertz CT molecular complexity index is 1430. The Balaban J connectivity index is 1.70. The van der Waals surface area contributed by atoms with E-state index in [4.69, 9.17) is 9.47 Å². The van der Waals surface area contributed by atoms with E-state index in [1.807, 2.05) is 60.8 Å². The highest BCUT2D eigenvalue weighted by Crippen LogP contribution is 2.36. The van der Waals surface area contributed by atoms with Crippen LogP contribution in [0.25, 0.3) is 33.1 Å². The first-order valence-electron chi connectivity index (χ1n) is 9.78. The van der Waals surface area contributed by atoms with Crippen LogP contribution >= 0.6 is 0 Å². The van der Waals surface area contributed by atoms with Gasteiger partial charge in [0.05, 0.1) is 25.3 Å². The summed E-state index contributed by atoms with van der Waals surface area (Å²) in [5, 5.41) is 1.68. The molecule has 0 amide bonds. The number of rotatable bonds is 4. The molecule has 0 radical (unpaired) electrons. The van der Waals surface area contributed by atoms with Gasteiger partial charge in [0.25, 0.3) is 5.91 Å². The van der Waals surface area contributed by atoms with Gasteiger partial charge in [-0.3, -0.25) is 14.3 Å². The molecule has 3 heterocycles. The summed E-state index contributed by atoms with van der Waals surface area (Å²) >= 11 is 0. The van der Waals surface area contributed by atoms with E-state index in [1.165, 1.54) is 0 Å².